The number of pyridine rings is 1. The topological polar surface area (TPSA) is 121 Å². The number of hydrogen-bond acceptors (Lipinski definition) is 8. The van der Waals surface area contributed by atoms with E-state index in [1.54, 1.807) is 24.4 Å². The Hall–Kier alpha value is -4.46. The molecular weight excluding hydrogens is 537 g/mol. The van der Waals surface area contributed by atoms with Gasteiger partial charge in [-0.25, -0.2) is 4.39 Å². The minimum absolute atomic E-state index is 0.227. The number of amides is 1. The van der Waals surface area contributed by atoms with E-state index in [-0.39, 0.29) is 18.5 Å². The first kappa shape index (κ1) is 27.7. The fourth-order valence-corrected chi connectivity index (χ4v) is 5.56. The Morgan fingerprint density at radius 3 is 2.76 bits per heavy atom. The maximum absolute atomic E-state index is 14.2. The summed E-state index contributed by atoms with van der Waals surface area (Å²) in [6.07, 6.45) is 2.91. The molecule has 2 atom stereocenters. The van der Waals surface area contributed by atoms with Crippen molar-refractivity contribution in [3.63, 3.8) is 0 Å². The molecule has 42 heavy (non-hydrogen) atoms. The summed E-state index contributed by atoms with van der Waals surface area (Å²) in [5.74, 6) is 0.612. The number of rotatable bonds is 7. The number of benzene rings is 2. The highest BCUT2D eigenvalue weighted by atomic mass is 19.1. The van der Waals surface area contributed by atoms with Gasteiger partial charge in [0.25, 0.3) is 5.91 Å². The highest BCUT2D eigenvalue weighted by Gasteiger charge is 2.27. The van der Waals surface area contributed by atoms with Gasteiger partial charge in [0, 0.05) is 49.2 Å². The van der Waals surface area contributed by atoms with E-state index in [1.165, 1.54) is 7.11 Å². The van der Waals surface area contributed by atoms with Gasteiger partial charge in [0.2, 0.25) is 0 Å². The molecule has 0 radical (unpaired) electrons. The molecular formula is C32H32FN5O4. The van der Waals surface area contributed by atoms with Gasteiger partial charge in [-0.2, -0.15) is 5.26 Å². The average Bonchev–Trinajstić information content (AvgIpc) is 3.47. The molecule has 2 aromatic heterocycles. The van der Waals surface area contributed by atoms with Crippen LogP contribution in [0.25, 0.3) is 33.6 Å². The van der Waals surface area contributed by atoms with Crippen molar-refractivity contribution in [2.24, 2.45) is 0 Å². The van der Waals surface area contributed by atoms with E-state index in [0.29, 0.717) is 65.5 Å². The molecule has 6 rings (SSSR count). The van der Waals surface area contributed by atoms with Crippen molar-refractivity contribution in [3.05, 3.63) is 65.9 Å². The molecule has 0 aliphatic carbocycles. The lowest BCUT2D eigenvalue weighted by Crippen LogP contribution is -2.50. The van der Waals surface area contributed by atoms with Gasteiger partial charge in [-0.15, -0.1) is 0 Å². The number of methoxy groups -OCH3 is 1. The van der Waals surface area contributed by atoms with E-state index in [0.717, 1.165) is 29.7 Å². The van der Waals surface area contributed by atoms with E-state index in [2.05, 4.69) is 27.0 Å². The molecule has 0 spiro atoms. The lowest BCUT2D eigenvalue weighted by Gasteiger charge is -2.27. The number of hydrogen-bond donors (Lipinski definition) is 3. The second-order valence-corrected chi connectivity index (χ2v) is 10.6. The molecule has 9 nitrogen and oxygen atoms in total. The summed E-state index contributed by atoms with van der Waals surface area (Å²) >= 11 is 0. The maximum atomic E-state index is 14.2. The molecule has 4 heterocycles. The van der Waals surface area contributed by atoms with Gasteiger partial charge < -0.3 is 29.8 Å². The predicted octanol–water partition coefficient (Wildman–Crippen LogP) is 5.06. The SMILES string of the molecule is COc1cc(C(=O)NC2CCNCC2F)ccc1-c1cc2nccc(-c3ccc(NC4CCOCC4)c(C#N)c3)c2o1. The van der Waals surface area contributed by atoms with Crippen LogP contribution < -0.4 is 20.7 Å². The largest absolute Gasteiger partial charge is 0.496 e. The maximum Gasteiger partial charge on any atom is 0.251 e. The van der Waals surface area contributed by atoms with Crippen molar-refractivity contribution in [1.29, 1.82) is 5.26 Å². The molecule has 3 N–H and O–H groups in total. The Balaban J connectivity index is 1.28. The molecule has 10 heteroatoms. The van der Waals surface area contributed by atoms with Gasteiger partial charge in [0.1, 0.15) is 29.3 Å². The number of furan rings is 1. The Morgan fingerprint density at radius 2 is 1.98 bits per heavy atom. The van der Waals surface area contributed by atoms with Crippen LogP contribution in [0.5, 0.6) is 5.75 Å². The first-order chi connectivity index (χ1) is 20.5. The fourth-order valence-electron chi connectivity index (χ4n) is 5.56. The van der Waals surface area contributed by atoms with Crippen LogP contribution in [0.15, 0.2) is 59.1 Å². The molecule has 2 fully saturated rings. The minimum Gasteiger partial charge on any atom is -0.496 e. The van der Waals surface area contributed by atoms with Crippen LogP contribution in [-0.4, -0.2) is 62.6 Å². The quantitative estimate of drug-likeness (QED) is 0.282. The Labute approximate surface area is 243 Å². The number of nitrogens with zero attached hydrogens (tertiary/aromatic N) is 2. The number of fused-ring (bicyclic) bond motifs is 1. The monoisotopic (exact) mass is 569 g/mol. The number of carbonyl (C=O) groups is 1. The number of alkyl halides is 1. The number of aromatic nitrogens is 1. The molecule has 2 aliphatic heterocycles. The van der Waals surface area contributed by atoms with Crippen LogP contribution in [-0.2, 0) is 4.74 Å². The highest BCUT2D eigenvalue weighted by Crippen LogP contribution is 2.38. The van der Waals surface area contributed by atoms with E-state index in [1.807, 2.05) is 30.3 Å². The summed E-state index contributed by atoms with van der Waals surface area (Å²) in [6, 6.07) is 16.6. The third-order valence-electron chi connectivity index (χ3n) is 7.90. The van der Waals surface area contributed by atoms with Gasteiger partial charge in [-0.1, -0.05) is 6.07 Å². The average molecular weight is 570 g/mol. The highest BCUT2D eigenvalue weighted by molar-refractivity contribution is 5.97. The van der Waals surface area contributed by atoms with Crippen LogP contribution >= 0.6 is 0 Å². The fraction of sp³-hybridized carbons (Fsp3) is 0.344. The Bertz CT molecular complexity index is 1640. The summed E-state index contributed by atoms with van der Waals surface area (Å²) in [5, 5.41) is 19.2. The van der Waals surface area contributed by atoms with E-state index in [9.17, 15) is 14.4 Å². The molecule has 2 saturated heterocycles. The van der Waals surface area contributed by atoms with Gasteiger partial charge in [0.05, 0.1) is 30.0 Å². The summed E-state index contributed by atoms with van der Waals surface area (Å²) in [5.41, 5.74) is 5.23. The number of anilines is 1. The van der Waals surface area contributed by atoms with Crippen LogP contribution in [0.2, 0.25) is 0 Å². The molecule has 216 valence electrons. The van der Waals surface area contributed by atoms with Crippen molar-refractivity contribution >= 4 is 22.7 Å². The molecule has 2 unspecified atom stereocenters. The van der Waals surface area contributed by atoms with E-state index < -0.39 is 12.2 Å². The molecule has 4 aromatic rings. The smallest absolute Gasteiger partial charge is 0.251 e. The number of halogens is 1. The molecule has 2 aromatic carbocycles. The zero-order valence-corrected chi connectivity index (χ0v) is 23.3. The third kappa shape index (κ3) is 5.66. The molecule has 2 aliphatic rings. The first-order valence-electron chi connectivity index (χ1n) is 14.2. The van der Waals surface area contributed by atoms with Crippen molar-refractivity contribution in [2.75, 3.05) is 38.7 Å². The van der Waals surface area contributed by atoms with Crippen LogP contribution in [0.1, 0.15) is 35.2 Å². The van der Waals surface area contributed by atoms with Gasteiger partial charge >= 0.3 is 0 Å². The molecule has 1 amide bonds. The lowest BCUT2D eigenvalue weighted by atomic mass is 10.0. The number of nitrogens with one attached hydrogen (secondary N) is 3. The molecule has 0 bridgehead atoms. The number of carbonyl (C=O) groups excluding carboxylic acids is 1. The number of piperidine rings is 1. The van der Waals surface area contributed by atoms with Crippen molar-refractivity contribution in [2.45, 2.75) is 37.5 Å². The van der Waals surface area contributed by atoms with Gasteiger partial charge in [-0.05, 0) is 67.8 Å². The summed E-state index contributed by atoms with van der Waals surface area (Å²) < 4.78 is 31.6. The van der Waals surface area contributed by atoms with Gasteiger partial charge in [0.15, 0.2) is 5.58 Å². The Kier molecular flexibility index (Phi) is 8.04. The van der Waals surface area contributed by atoms with E-state index in [4.69, 9.17) is 13.9 Å². The predicted molar refractivity (Wildman–Crippen MR) is 157 cm³/mol. The van der Waals surface area contributed by atoms with Crippen molar-refractivity contribution in [3.8, 4) is 34.3 Å². The number of ether oxygens (including phenoxy) is 2. The normalized spacial score (nSPS) is 19.3. The zero-order chi connectivity index (χ0) is 29.1. The molecule has 0 saturated carbocycles. The standard InChI is InChI=1S/C32H32FN5O4/c1-40-29-15-20(32(39)38-27-7-10-35-18-25(27)33)2-4-24(29)30-16-28-31(42-30)23(6-11-36-28)19-3-5-26(21(14-19)17-34)37-22-8-12-41-13-9-22/h2-6,11,14-16,22,25,27,35,37H,7-10,12-13,18H2,1H3,(H,38,39). The van der Waals surface area contributed by atoms with Crippen LogP contribution in [0.3, 0.4) is 0 Å². The summed E-state index contributed by atoms with van der Waals surface area (Å²) in [7, 11) is 1.52. The van der Waals surface area contributed by atoms with Crippen LogP contribution in [0, 0.1) is 11.3 Å². The lowest BCUT2D eigenvalue weighted by molar-refractivity contribution is 0.0891. The Morgan fingerprint density at radius 1 is 1.12 bits per heavy atom. The minimum atomic E-state index is -1.13. The van der Waals surface area contributed by atoms with Gasteiger partial charge in [-0.3, -0.25) is 9.78 Å². The number of nitriles is 1. The zero-order valence-electron chi connectivity index (χ0n) is 23.3. The van der Waals surface area contributed by atoms with E-state index >= 15 is 0 Å². The van der Waals surface area contributed by atoms with Crippen molar-refractivity contribution in [1.82, 2.24) is 15.6 Å². The first-order valence-corrected chi connectivity index (χ1v) is 14.2. The van der Waals surface area contributed by atoms with Crippen LogP contribution in [0.4, 0.5) is 10.1 Å². The second-order valence-electron chi connectivity index (χ2n) is 10.6. The summed E-state index contributed by atoms with van der Waals surface area (Å²) in [6.45, 7) is 2.31. The third-order valence-corrected chi connectivity index (χ3v) is 7.90. The summed E-state index contributed by atoms with van der Waals surface area (Å²) in [4.78, 5) is 17.4. The second kappa shape index (κ2) is 12.2. The van der Waals surface area contributed by atoms with Crippen molar-refractivity contribution < 1.29 is 23.1 Å².